The van der Waals surface area contributed by atoms with Crippen LogP contribution in [0.15, 0.2) is 48.1 Å². The van der Waals surface area contributed by atoms with Crippen molar-refractivity contribution in [2.45, 2.75) is 51.9 Å². The number of allylic oxidation sites excluding steroid dienone is 4. The maximum atomic E-state index is 10.6. The van der Waals surface area contributed by atoms with E-state index in [0.29, 0.717) is 5.69 Å². The van der Waals surface area contributed by atoms with Gasteiger partial charge in [0, 0.05) is 17.0 Å². The third-order valence-electron chi connectivity index (χ3n) is 4.46. The average molecular weight is 332 g/mol. The Balaban J connectivity index is 1.82. The van der Waals surface area contributed by atoms with Crippen molar-refractivity contribution in [1.29, 1.82) is 0 Å². The van der Waals surface area contributed by atoms with Crippen molar-refractivity contribution in [2.75, 3.05) is 4.72 Å². The number of anilines is 1. The van der Waals surface area contributed by atoms with Gasteiger partial charge in [-0.1, -0.05) is 55.2 Å². The van der Waals surface area contributed by atoms with Gasteiger partial charge in [-0.3, -0.25) is 4.21 Å². The molecule has 126 valence electrons. The highest BCUT2D eigenvalue weighted by Gasteiger charge is 2.09. The van der Waals surface area contributed by atoms with Gasteiger partial charge in [-0.2, -0.15) is 0 Å². The first kappa shape index (κ1) is 18.0. The SMILES string of the molecule is C/C=C(\C=C/C1CCCCC1)CCc1ccc(NS(=O)[O-])cc1. The Bertz CT molecular complexity index is 557. The van der Waals surface area contributed by atoms with E-state index in [1.807, 2.05) is 12.1 Å². The molecule has 0 saturated heterocycles. The van der Waals surface area contributed by atoms with Gasteiger partial charge in [0.2, 0.25) is 0 Å². The van der Waals surface area contributed by atoms with E-state index in [1.165, 1.54) is 43.2 Å². The summed E-state index contributed by atoms with van der Waals surface area (Å²) in [4.78, 5) is 0. The Morgan fingerprint density at radius 3 is 2.57 bits per heavy atom. The van der Waals surface area contributed by atoms with Gasteiger partial charge in [-0.25, -0.2) is 0 Å². The first-order valence-electron chi connectivity index (χ1n) is 8.45. The summed E-state index contributed by atoms with van der Waals surface area (Å²) in [5.41, 5.74) is 3.20. The van der Waals surface area contributed by atoms with Crippen molar-refractivity contribution in [1.82, 2.24) is 0 Å². The van der Waals surface area contributed by atoms with Crippen molar-refractivity contribution < 1.29 is 8.76 Å². The largest absolute Gasteiger partial charge is 0.755 e. The maximum Gasteiger partial charge on any atom is 0.0452 e. The van der Waals surface area contributed by atoms with E-state index in [1.54, 1.807) is 12.1 Å². The second-order valence-electron chi connectivity index (χ2n) is 6.15. The summed E-state index contributed by atoms with van der Waals surface area (Å²) in [5.74, 6) is 0.761. The summed E-state index contributed by atoms with van der Waals surface area (Å²) >= 11 is -2.26. The molecule has 0 radical (unpaired) electrons. The van der Waals surface area contributed by atoms with Gasteiger partial charge in [-0.05, 0) is 56.2 Å². The van der Waals surface area contributed by atoms with E-state index < -0.39 is 11.3 Å². The van der Waals surface area contributed by atoms with E-state index >= 15 is 0 Å². The first-order valence-corrected chi connectivity index (χ1v) is 9.53. The van der Waals surface area contributed by atoms with E-state index in [9.17, 15) is 8.76 Å². The summed E-state index contributed by atoms with van der Waals surface area (Å²) < 4.78 is 23.5. The quantitative estimate of drug-likeness (QED) is 0.570. The molecular formula is C19H26NO2S-. The lowest BCUT2D eigenvalue weighted by Gasteiger charge is -2.18. The minimum atomic E-state index is -2.26. The van der Waals surface area contributed by atoms with Crippen LogP contribution in [0.25, 0.3) is 0 Å². The number of rotatable bonds is 7. The monoisotopic (exact) mass is 332 g/mol. The molecule has 0 bridgehead atoms. The highest BCUT2D eigenvalue weighted by molar-refractivity contribution is 7.80. The molecule has 0 amide bonds. The summed E-state index contributed by atoms with van der Waals surface area (Å²) in [6, 6.07) is 7.57. The van der Waals surface area contributed by atoms with Crippen LogP contribution >= 0.6 is 0 Å². The molecule has 23 heavy (non-hydrogen) atoms. The molecule has 0 aliphatic heterocycles. The summed E-state index contributed by atoms with van der Waals surface area (Å²) in [6.45, 7) is 2.09. The second kappa shape index (κ2) is 9.68. The fourth-order valence-corrected chi connectivity index (χ4v) is 3.36. The Hall–Kier alpha value is -1.39. The molecule has 1 aromatic carbocycles. The number of aryl methyl sites for hydroxylation is 1. The molecule has 1 unspecified atom stereocenters. The van der Waals surface area contributed by atoms with Gasteiger partial charge in [0.25, 0.3) is 0 Å². The fraction of sp³-hybridized carbons (Fsp3) is 0.474. The van der Waals surface area contributed by atoms with Crippen LogP contribution < -0.4 is 4.72 Å². The molecule has 0 spiro atoms. The zero-order valence-corrected chi connectivity index (χ0v) is 14.6. The molecule has 1 aromatic rings. The smallest absolute Gasteiger partial charge is 0.0452 e. The molecule has 3 nitrogen and oxygen atoms in total. The van der Waals surface area contributed by atoms with Gasteiger partial charge in [0.1, 0.15) is 0 Å². The molecule has 2 rings (SSSR count). The maximum absolute atomic E-state index is 10.6. The normalized spacial score (nSPS) is 18.3. The summed E-state index contributed by atoms with van der Waals surface area (Å²) in [6.07, 6.45) is 15.7. The van der Waals surface area contributed by atoms with Crippen LogP contribution in [0.1, 0.15) is 51.0 Å². The fourth-order valence-electron chi connectivity index (χ4n) is 3.03. The van der Waals surface area contributed by atoms with Crippen molar-refractivity contribution >= 4 is 17.0 Å². The van der Waals surface area contributed by atoms with Crippen LogP contribution in [0.4, 0.5) is 5.69 Å². The van der Waals surface area contributed by atoms with Crippen molar-refractivity contribution in [2.24, 2.45) is 5.92 Å². The number of hydrogen-bond acceptors (Lipinski definition) is 2. The van der Waals surface area contributed by atoms with Crippen LogP contribution in [0, 0.1) is 5.92 Å². The van der Waals surface area contributed by atoms with E-state index in [2.05, 4.69) is 29.9 Å². The third kappa shape index (κ3) is 6.71. The molecule has 1 aliphatic carbocycles. The van der Waals surface area contributed by atoms with Crippen LogP contribution in [0.5, 0.6) is 0 Å². The Morgan fingerprint density at radius 2 is 1.96 bits per heavy atom. The highest BCUT2D eigenvalue weighted by atomic mass is 32.2. The molecule has 1 N–H and O–H groups in total. The minimum absolute atomic E-state index is 0.602. The summed E-state index contributed by atoms with van der Waals surface area (Å²) in [7, 11) is 0. The minimum Gasteiger partial charge on any atom is -0.755 e. The number of hydrogen-bond donors (Lipinski definition) is 1. The Morgan fingerprint density at radius 1 is 1.26 bits per heavy atom. The van der Waals surface area contributed by atoms with Crippen molar-refractivity contribution in [3.8, 4) is 0 Å². The first-order chi connectivity index (χ1) is 11.2. The molecular weight excluding hydrogens is 306 g/mol. The molecule has 1 saturated carbocycles. The van der Waals surface area contributed by atoms with Crippen molar-refractivity contribution in [3.63, 3.8) is 0 Å². The van der Waals surface area contributed by atoms with Gasteiger partial charge in [-0.15, -0.1) is 0 Å². The second-order valence-corrected chi connectivity index (χ2v) is 6.83. The summed E-state index contributed by atoms with van der Waals surface area (Å²) in [5, 5.41) is 0. The van der Waals surface area contributed by atoms with Crippen LogP contribution in [0.3, 0.4) is 0 Å². The predicted molar refractivity (Wildman–Crippen MR) is 96.8 cm³/mol. The molecule has 0 aromatic heterocycles. The third-order valence-corrected chi connectivity index (χ3v) is 4.86. The zero-order chi connectivity index (χ0) is 16.5. The lowest BCUT2D eigenvalue weighted by atomic mass is 9.88. The van der Waals surface area contributed by atoms with Crippen molar-refractivity contribution in [3.05, 3.63) is 53.6 Å². The van der Waals surface area contributed by atoms with Crippen LogP contribution in [-0.4, -0.2) is 8.76 Å². The number of nitrogens with one attached hydrogen (secondary N) is 1. The van der Waals surface area contributed by atoms with Gasteiger partial charge >= 0.3 is 0 Å². The molecule has 1 atom stereocenters. The van der Waals surface area contributed by atoms with E-state index in [-0.39, 0.29) is 0 Å². The topological polar surface area (TPSA) is 52.2 Å². The average Bonchev–Trinajstić information content (AvgIpc) is 2.57. The van der Waals surface area contributed by atoms with Crippen LogP contribution in [0.2, 0.25) is 0 Å². The molecule has 4 heteroatoms. The predicted octanol–water partition coefficient (Wildman–Crippen LogP) is 4.91. The molecule has 0 heterocycles. The lowest BCUT2D eigenvalue weighted by molar-refractivity contribution is 0.419. The van der Waals surface area contributed by atoms with Gasteiger partial charge in [0.05, 0.1) is 0 Å². The van der Waals surface area contributed by atoms with Gasteiger partial charge < -0.3 is 9.27 Å². The highest BCUT2D eigenvalue weighted by Crippen LogP contribution is 2.25. The lowest BCUT2D eigenvalue weighted by Crippen LogP contribution is -2.02. The van der Waals surface area contributed by atoms with E-state index in [0.717, 1.165) is 18.8 Å². The number of benzene rings is 1. The molecule has 1 aliphatic rings. The Labute approximate surface area is 142 Å². The van der Waals surface area contributed by atoms with Gasteiger partial charge in [0.15, 0.2) is 0 Å². The van der Waals surface area contributed by atoms with E-state index in [4.69, 9.17) is 0 Å². The Kier molecular flexibility index (Phi) is 7.56. The molecule has 1 fully saturated rings. The standard InChI is InChI=1S/C19H27NO2S/c1-2-16(8-10-17-6-4-3-5-7-17)9-11-18-12-14-19(15-13-18)20-23(21)22/h2,8,10,12-15,17,20H,3-7,9,11H2,1H3,(H,21,22)/p-1/b10-8-,16-2+. The zero-order valence-electron chi connectivity index (χ0n) is 13.8. The van der Waals surface area contributed by atoms with Crippen LogP contribution in [-0.2, 0) is 17.7 Å².